The molecular formula is C10H11IO2. The van der Waals surface area contributed by atoms with Gasteiger partial charge in [0.25, 0.3) is 0 Å². The number of halogens is 1. The molecule has 0 aliphatic heterocycles. The Balaban J connectivity index is 2.88. The summed E-state index contributed by atoms with van der Waals surface area (Å²) in [6, 6.07) is 7.86. The van der Waals surface area contributed by atoms with Crippen LogP contribution in [0.3, 0.4) is 0 Å². The highest BCUT2D eigenvalue weighted by molar-refractivity contribution is 14.1. The maximum absolute atomic E-state index is 11.2. The van der Waals surface area contributed by atoms with Gasteiger partial charge in [-0.3, -0.25) is 4.79 Å². The van der Waals surface area contributed by atoms with Gasteiger partial charge in [0.1, 0.15) is 0 Å². The molecular weight excluding hydrogens is 279 g/mol. The number of esters is 1. The molecule has 0 aromatic heterocycles. The fourth-order valence-electron chi connectivity index (χ4n) is 1.09. The third-order valence-electron chi connectivity index (χ3n) is 1.90. The Morgan fingerprint density at radius 2 is 2.23 bits per heavy atom. The molecule has 2 nitrogen and oxygen atoms in total. The molecule has 0 amide bonds. The van der Waals surface area contributed by atoms with E-state index in [4.69, 9.17) is 0 Å². The lowest BCUT2D eigenvalue weighted by atomic mass is 10.0. The fourth-order valence-corrected chi connectivity index (χ4v) is 1.66. The van der Waals surface area contributed by atoms with Crippen molar-refractivity contribution in [2.75, 3.05) is 7.11 Å². The summed E-state index contributed by atoms with van der Waals surface area (Å²) in [5.41, 5.74) is 0.999. The lowest BCUT2D eigenvalue weighted by Gasteiger charge is -2.09. The highest BCUT2D eigenvalue weighted by atomic mass is 127. The SMILES string of the molecule is COC(=O)C(C)c1cccc(I)c1. The smallest absolute Gasteiger partial charge is 0.312 e. The summed E-state index contributed by atoms with van der Waals surface area (Å²) in [6.07, 6.45) is 0. The predicted octanol–water partition coefficient (Wildman–Crippen LogP) is 2.57. The van der Waals surface area contributed by atoms with E-state index < -0.39 is 0 Å². The van der Waals surface area contributed by atoms with Crippen LogP contribution in [-0.4, -0.2) is 13.1 Å². The zero-order valence-corrected chi connectivity index (χ0v) is 9.74. The van der Waals surface area contributed by atoms with Crippen LogP contribution >= 0.6 is 22.6 Å². The van der Waals surface area contributed by atoms with Crippen LogP contribution in [-0.2, 0) is 9.53 Å². The molecule has 13 heavy (non-hydrogen) atoms. The van der Waals surface area contributed by atoms with Crippen molar-refractivity contribution in [2.24, 2.45) is 0 Å². The minimum absolute atomic E-state index is 0.181. The van der Waals surface area contributed by atoms with E-state index in [1.807, 2.05) is 31.2 Å². The summed E-state index contributed by atoms with van der Waals surface area (Å²) in [5.74, 6) is -0.373. The van der Waals surface area contributed by atoms with Crippen LogP contribution in [0.4, 0.5) is 0 Å². The topological polar surface area (TPSA) is 26.3 Å². The summed E-state index contributed by atoms with van der Waals surface area (Å²) in [6.45, 7) is 1.84. The Morgan fingerprint density at radius 3 is 2.77 bits per heavy atom. The predicted molar refractivity (Wildman–Crippen MR) is 59.6 cm³/mol. The van der Waals surface area contributed by atoms with Gasteiger partial charge in [-0.05, 0) is 47.2 Å². The molecule has 0 bridgehead atoms. The van der Waals surface area contributed by atoms with Crippen LogP contribution in [0, 0.1) is 3.57 Å². The fraction of sp³-hybridized carbons (Fsp3) is 0.300. The molecule has 0 radical (unpaired) electrons. The Bertz CT molecular complexity index is 310. The first-order valence-electron chi connectivity index (χ1n) is 3.98. The van der Waals surface area contributed by atoms with Gasteiger partial charge in [0.05, 0.1) is 13.0 Å². The highest BCUT2D eigenvalue weighted by Crippen LogP contribution is 2.18. The number of benzene rings is 1. The summed E-state index contributed by atoms with van der Waals surface area (Å²) in [7, 11) is 1.41. The molecule has 0 heterocycles. The van der Waals surface area contributed by atoms with Gasteiger partial charge in [-0.2, -0.15) is 0 Å². The van der Waals surface area contributed by atoms with E-state index in [1.165, 1.54) is 7.11 Å². The van der Waals surface area contributed by atoms with Gasteiger partial charge >= 0.3 is 5.97 Å². The number of carbonyl (C=O) groups is 1. The van der Waals surface area contributed by atoms with E-state index in [9.17, 15) is 4.79 Å². The summed E-state index contributed by atoms with van der Waals surface area (Å²) >= 11 is 2.22. The van der Waals surface area contributed by atoms with Crippen LogP contribution in [0.2, 0.25) is 0 Å². The number of rotatable bonds is 2. The molecule has 0 saturated carbocycles. The summed E-state index contributed by atoms with van der Waals surface area (Å²) in [4.78, 5) is 11.2. The van der Waals surface area contributed by atoms with Gasteiger partial charge < -0.3 is 4.74 Å². The second-order valence-corrected chi connectivity index (χ2v) is 4.05. The van der Waals surface area contributed by atoms with Crippen molar-refractivity contribution >= 4 is 28.6 Å². The van der Waals surface area contributed by atoms with Crippen LogP contribution in [0.1, 0.15) is 18.4 Å². The van der Waals surface area contributed by atoms with Gasteiger partial charge in [-0.1, -0.05) is 12.1 Å². The number of methoxy groups -OCH3 is 1. The zero-order chi connectivity index (χ0) is 9.84. The summed E-state index contributed by atoms with van der Waals surface area (Å²) in [5, 5.41) is 0. The van der Waals surface area contributed by atoms with Crippen LogP contribution in [0.5, 0.6) is 0 Å². The molecule has 3 heteroatoms. The largest absolute Gasteiger partial charge is 0.469 e. The molecule has 0 fully saturated rings. The van der Waals surface area contributed by atoms with Crippen LogP contribution in [0.25, 0.3) is 0 Å². The second kappa shape index (κ2) is 4.60. The van der Waals surface area contributed by atoms with Crippen molar-refractivity contribution in [1.82, 2.24) is 0 Å². The molecule has 70 valence electrons. The first-order valence-corrected chi connectivity index (χ1v) is 5.06. The molecule has 0 spiro atoms. The van der Waals surface area contributed by atoms with Crippen molar-refractivity contribution in [1.29, 1.82) is 0 Å². The Hall–Kier alpha value is -0.580. The number of ether oxygens (including phenoxy) is 1. The van der Waals surface area contributed by atoms with Crippen LogP contribution < -0.4 is 0 Å². The average Bonchev–Trinajstić information content (AvgIpc) is 2.15. The third kappa shape index (κ3) is 2.69. The van der Waals surface area contributed by atoms with Crippen molar-refractivity contribution in [3.05, 3.63) is 33.4 Å². The third-order valence-corrected chi connectivity index (χ3v) is 2.57. The van der Waals surface area contributed by atoms with E-state index in [0.29, 0.717) is 0 Å². The van der Waals surface area contributed by atoms with Crippen molar-refractivity contribution in [3.63, 3.8) is 0 Å². The monoisotopic (exact) mass is 290 g/mol. The molecule has 1 atom stereocenters. The standard InChI is InChI=1S/C10H11IO2/c1-7(10(12)13-2)8-4-3-5-9(11)6-8/h3-7H,1-2H3. The average molecular weight is 290 g/mol. The lowest BCUT2D eigenvalue weighted by Crippen LogP contribution is -2.10. The maximum atomic E-state index is 11.2. The highest BCUT2D eigenvalue weighted by Gasteiger charge is 2.14. The van der Waals surface area contributed by atoms with E-state index in [1.54, 1.807) is 0 Å². The van der Waals surface area contributed by atoms with Gasteiger partial charge in [0.2, 0.25) is 0 Å². The van der Waals surface area contributed by atoms with E-state index in [-0.39, 0.29) is 11.9 Å². The molecule has 0 saturated heterocycles. The molecule has 0 aliphatic carbocycles. The zero-order valence-electron chi connectivity index (χ0n) is 7.58. The Kier molecular flexibility index (Phi) is 3.71. The Morgan fingerprint density at radius 1 is 1.54 bits per heavy atom. The van der Waals surface area contributed by atoms with Gasteiger partial charge in [0.15, 0.2) is 0 Å². The maximum Gasteiger partial charge on any atom is 0.312 e. The number of hydrogen-bond acceptors (Lipinski definition) is 2. The number of hydrogen-bond donors (Lipinski definition) is 0. The normalized spacial score (nSPS) is 12.2. The molecule has 1 aromatic carbocycles. The van der Waals surface area contributed by atoms with E-state index >= 15 is 0 Å². The van der Waals surface area contributed by atoms with Crippen molar-refractivity contribution < 1.29 is 9.53 Å². The van der Waals surface area contributed by atoms with Gasteiger partial charge in [-0.25, -0.2) is 0 Å². The van der Waals surface area contributed by atoms with Crippen LogP contribution in [0.15, 0.2) is 24.3 Å². The van der Waals surface area contributed by atoms with Gasteiger partial charge in [-0.15, -0.1) is 0 Å². The van der Waals surface area contributed by atoms with E-state index in [2.05, 4.69) is 27.3 Å². The first kappa shape index (κ1) is 10.5. The van der Waals surface area contributed by atoms with Gasteiger partial charge in [0, 0.05) is 3.57 Å². The van der Waals surface area contributed by atoms with E-state index in [0.717, 1.165) is 9.13 Å². The first-order chi connectivity index (χ1) is 6.15. The minimum Gasteiger partial charge on any atom is -0.469 e. The molecule has 0 aliphatic rings. The summed E-state index contributed by atoms with van der Waals surface area (Å²) < 4.78 is 5.80. The molecule has 0 N–H and O–H groups in total. The quantitative estimate of drug-likeness (QED) is 0.618. The molecule has 1 rings (SSSR count). The second-order valence-electron chi connectivity index (χ2n) is 2.80. The lowest BCUT2D eigenvalue weighted by molar-refractivity contribution is -0.141. The number of carbonyl (C=O) groups excluding carboxylic acids is 1. The molecule has 1 aromatic rings. The minimum atomic E-state index is -0.193. The van der Waals surface area contributed by atoms with Crippen molar-refractivity contribution in [2.45, 2.75) is 12.8 Å². The van der Waals surface area contributed by atoms with Crippen molar-refractivity contribution in [3.8, 4) is 0 Å². The Labute approximate surface area is 91.4 Å². The molecule has 1 unspecified atom stereocenters.